The van der Waals surface area contributed by atoms with Gasteiger partial charge in [0.05, 0.1) is 10.5 Å². The molecule has 1 aromatic heterocycles. The van der Waals surface area contributed by atoms with Gasteiger partial charge in [0.15, 0.2) is 0 Å². The van der Waals surface area contributed by atoms with Gasteiger partial charge in [-0.2, -0.15) is 13.2 Å². The first-order chi connectivity index (χ1) is 9.47. The molecule has 0 bridgehead atoms. The minimum Gasteiger partial charge on any atom is -0.371 e. The molecule has 106 valence electrons. The topological polar surface area (TPSA) is 16.1 Å². The zero-order valence-electron chi connectivity index (χ0n) is 10.5. The molecule has 0 saturated carbocycles. The van der Waals surface area contributed by atoms with Gasteiger partial charge in [0.1, 0.15) is 5.69 Å². The summed E-state index contributed by atoms with van der Waals surface area (Å²) in [5.74, 6) is 0. The van der Waals surface area contributed by atoms with Crippen LogP contribution in [0.25, 0.3) is 10.9 Å². The van der Waals surface area contributed by atoms with E-state index in [-0.39, 0.29) is 10.5 Å². The highest BCUT2D eigenvalue weighted by Crippen LogP contribution is 2.37. The number of para-hydroxylation sites is 1. The van der Waals surface area contributed by atoms with Crippen molar-refractivity contribution in [2.75, 3.05) is 18.0 Å². The first-order valence-electron chi connectivity index (χ1n) is 6.38. The quantitative estimate of drug-likeness (QED) is 0.770. The highest BCUT2D eigenvalue weighted by molar-refractivity contribution is 6.35. The van der Waals surface area contributed by atoms with Gasteiger partial charge in [-0.05, 0) is 25.0 Å². The molecule has 0 amide bonds. The van der Waals surface area contributed by atoms with Crippen LogP contribution < -0.4 is 4.90 Å². The third-order valence-electron chi connectivity index (χ3n) is 3.51. The standard InChI is InChI=1S/C14H12ClF3N2/c15-10-5-3-4-9-11(20-6-1-2-7-20)8-12(14(16,17)18)19-13(9)10/h3-5,8H,1-2,6-7H2. The van der Waals surface area contributed by atoms with Crippen molar-refractivity contribution in [3.8, 4) is 0 Å². The summed E-state index contributed by atoms with van der Waals surface area (Å²) >= 11 is 6.01. The van der Waals surface area contributed by atoms with E-state index in [0.29, 0.717) is 11.1 Å². The molecule has 3 rings (SSSR count). The normalized spacial score (nSPS) is 16.1. The minimum absolute atomic E-state index is 0.214. The fraction of sp³-hybridized carbons (Fsp3) is 0.357. The SMILES string of the molecule is FC(F)(F)c1cc(N2CCCC2)c2cccc(Cl)c2n1. The lowest BCUT2D eigenvalue weighted by Crippen LogP contribution is -2.19. The molecule has 1 aliphatic rings. The van der Waals surface area contributed by atoms with Crippen LogP contribution in [0.1, 0.15) is 18.5 Å². The summed E-state index contributed by atoms with van der Waals surface area (Å²) in [7, 11) is 0. The molecule has 0 N–H and O–H groups in total. The molecule has 1 fully saturated rings. The van der Waals surface area contributed by atoms with Crippen molar-refractivity contribution in [3.05, 3.63) is 35.0 Å². The second-order valence-corrected chi connectivity index (χ2v) is 5.26. The van der Waals surface area contributed by atoms with Crippen molar-refractivity contribution < 1.29 is 13.2 Å². The third kappa shape index (κ3) is 2.30. The van der Waals surface area contributed by atoms with E-state index in [0.717, 1.165) is 32.0 Å². The van der Waals surface area contributed by atoms with Crippen LogP contribution in [0.2, 0.25) is 5.02 Å². The summed E-state index contributed by atoms with van der Waals surface area (Å²) in [5, 5.41) is 0.918. The van der Waals surface area contributed by atoms with Crippen LogP contribution in [0.5, 0.6) is 0 Å². The second-order valence-electron chi connectivity index (χ2n) is 4.85. The van der Waals surface area contributed by atoms with Crippen LogP contribution in [0, 0.1) is 0 Å². The van der Waals surface area contributed by atoms with E-state index in [1.165, 1.54) is 0 Å². The molecule has 6 heteroatoms. The fourth-order valence-electron chi connectivity index (χ4n) is 2.56. The van der Waals surface area contributed by atoms with Gasteiger partial charge in [0, 0.05) is 24.2 Å². The lowest BCUT2D eigenvalue weighted by molar-refractivity contribution is -0.140. The molecule has 2 nitrogen and oxygen atoms in total. The number of rotatable bonds is 1. The Kier molecular flexibility index (Phi) is 3.24. The zero-order chi connectivity index (χ0) is 14.3. The fourth-order valence-corrected chi connectivity index (χ4v) is 2.78. The molecular weight excluding hydrogens is 289 g/mol. The van der Waals surface area contributed by atoms with Crippen molar-refractivity contribution in [1.29, 1.82) is 0 Å². The number of pyridine rings is 1. The average molecular weight is 301 g/mol. The Labute approximate surface area is 119 Å². The average Bonchev–Trinajstić information content (AvgIpc) is 2.91. The van der Waals surface area contributed by atoms with Gasteiger partial charge in [0.25, 0.3) is 0 Å². The number of alkyl halides is 3. The molecule has 1 aromatic carbocycles. The van der Waals surface area contributed by atoms with E-state index < -0.39 is 11.9 Å². The van der Waals surface area contributed by atoms with Gasteiger partial charge in [0.2, 0.25) is 0 Å². The Morgan fingerprint density at radius 2 is 1.85 bits per heavy atom. The second kappa shape index (κ2) is 4.81. The number of aromatic nitrogens is 1. The van der Waals surface area contributed by atoms with Crippen LogP contribution in [0.4, 0.5) is 18.9 Å². The first kappa shape index (κ1) is 13.5. The monoisotopic (exact) mass is 300 g/mol. The van der Waals surface area contributed by atoms with E-state index in [4.69, 9.17) is 11.6 Å². The van der Waals surface area contributed by atoms with Crippen molar-refractivity contribution in [3.63, 3.8) is 0 Å². The number of anilines is 1. The molecule has 2 aromatic rings. The number of hydrogen-bond donors (Lipinski definition) is 0. The zero-order valence-corrected chi connectivity index (χ0v) is 11.3. The van der Waals surface area contributed by atoms with Gasteiger partial charge >= 0.3 is 6.18 Å². The van der Waals surface area contributed by atoms with E-state index in [9.17, 15) is 13.2 Å². The predicted molar refractivity (Wildman–Crippen MR) is 73.2 cm³/mol. The Morgan fingerprint density at radius 3 is 2.50 bits per heavy atom. The largest absolute Gasteiger partial charge is 0.433 e. The maximum Gasteiger partial charge on any atom is 0.433 e. The van der Waals surface area contributed by atoms with Gasteiger partial charge < -0.3 is 4.90 Å². The minimum atomic E-state index is -4.47. The lowest BCUT2D eigenvalue weighted by atomic mass is 10.1. The van der Waals surface area contributed by atoms with Gasteiger partial charge in [-0.15, -0.1) is 0 Å². The Morgan fingerprint density at radius 1 is 1.15 bits per heavy atom. The third-order valence-corrected chi connectivity index (χ3v) is 3.81. The molecular formula is C14H12ClF3N2. The number of benzene rings is 1. The van der Waals surface area contributed by atoms with Crippen LogP contribution in [-0.2, 0) is 6.18 Å². The van der Waals surface area contributed by atoms with E-state index >= 15 is 0 Å². The lowest BCUT2D eigenvalue weighted by Gasteiger charge is -2.21. The summed E-state index contributed by atoms with van der Waals surface area (Å²) in [4.78, 5) is 5.66. The van der Waals surface area contributed by atoms with Crippen molar-refractivity contribution >= 4 is 28.2 Å². The molecule has 2 heterocycles. The van der Waals surface area contributed by atoms with E-state index in [2.05, 4.69) is 4.98 Å². The number of halogens is 4. The van der Waals surface area contributed by atoms with Crippen LogP contribution in [0.15, 0.2) is 24.3 Å². The van der Waals surface area contributed by atoms with Gasteiger partial charge in [-0.1, -0.05) is 23.7 Å². The molecule has 20 heavy (non-hydrogen) atoms. The molecule has 0 radical (unpaired) electrons. The van der Waals surface area contributed by atoms with Crippen molar-refractivity contribution in [2.45, 2.75) is 19.0 Å². The Balaban J connectivity index is 2.27. The molecule has 0 spiro atoms. The van der Waals surface area contributed by atoms with Crippen LogP contribution in [0.3, 0.4) is 0 Å². The van der Waals surface area contributed by atoms with Crippen molar-refractivity contribution in [1.82, 2.24) is 4.98 Å². The van der Waals surface area contributed by atoms with Crippen LogP contribution in [-0.4, -0.2) is 18.1 Å². The smallest absolute Gasteiger partial charge is 0.371 e. The first-order valence-corrected chi connectivity index (χ1v) is 6.76. The number of nitrogens with zero attached hydrogens (tertiary/aromatic N) is 2. The van der Waals surface area contributed by atoms with Gasteiger partial charge in [-0.3, -0.25) is 0 Å². The Bertz CT molecular complexity index is 649. The summed E-state index contributed by atoms with van der Waals surface area (Å²) in [5.41, 5.74) is -0.104. The maximum absolute atomic E-state index is 13.0. The summed E-state index contributed by atoms with van der Waals surface area (Å²) in [6.45, 7) is 1.53. The number of hydrogen-bond acceptors (Lipinski definition) is 2. The van der Waals surface area contributed by atoms with Crippen LogP contribution >= 0.6 is 11.6 Å². The van der Waals surface area contributed by atoms with Gasteiger partial charge in [-0.25, -0.2) is 4.98 Å². The molecule has 1 aliphatic heterocycles. The summed E-state index contributed by atoms with van der Waals surface area (Å²) in [6.07, 6.45) is -2.49. The highest BCUT2D eigenvalue weighted by atomic mass is 35.5. The van der Waals surface area contributed by atoms with Crippen molar-refractivity contribution in [2.24, 2.45) is 0 Å². The maximum atomic E-state index is 13.0. The number of fused-ring (bicyclic) bond motifs is 1. The molecule has 1 saturated heterocycles. The predicted octanol–water partition coefficient (Wildman–Crippen LogP) is 4.51. The molecule has 0 unspecified atom stereocenters. The van der Waals surface area contributed by atoms with E-state index in [1.807, 2.05) is 4.90 Å². The highest BCUT2D eigenvalue weighted by Gasteiger charge is 2.34. The Hall–Kier alpha value is -1.49. The molecule has 0 aliphatic carbocycles. The summed E-state index contributed by atoms with van der Waals surface area (Å²) in [6, 6.07) is 6.19. The van der Waals surface area contributed by atoms with E-state index in [1.54, 1.807) is 18.2 Å². The molecule has 0 atom stereocenters. The summed E-state index contributed by atoms with van der Waals surface area (Å²) < 4.78 is 39.0.